The number of nitrogens with zero attached hydrogens (tertiary/aromatic N) is 1. The third-order valence-electron chi connectivity index (χ3n) is 6.02. The molecule has 6 nitrogen and oxygen atoms in total. The highest BCUT2D eigenvalue weighted by atomic mass is 32.2. The summed E-state index contributed by atoms with van der Waals surface area (Å²) in [5.74, 6) is -0.373. The first-order chi connectivity index (χ1) is 15.9. The van der Waals surface area contributed by atoms with E-state index in [1.807, 2.05) is 12.3 Å². The Morgan fingerprint density at radius 2 is 1.94 bits per heavy atom. The number of hydrogen-bond acceptors (Lipinski definition) is 3. The molecule has 2 N–H and O–H groups in total. The van der Waals surface area contributed by atoms with E-state index >= 15 is 0 Å². The SMILES string of the molecule is O=C(/C=C/c1ccc(S(=O)(=O)NC2CC2)cc1)N1CC=C(c2c[nH]c3cc(F)ccc23)CC1. The first kappa shape index (κ1) is 21.6. The van der Waals surface area contributed by atoms with Crippen LogP contribution in [0.2, 0.25) is 0 Å². The molecule has 2 heterocycles. The van der Waals surface area contributed by atoms with Gasteiger partial charge in [0.05, 0.1) is 4.90 Å². The lowest BCUT2D eigenvalue weighted by molar-refractivity contribution is -0.125. The number of benzene rings is 2. The van der Waals surface area contributed by atoms with Crippen LogP contribution in [0.25, 0.3) is 22.6 Å². The maximum atomic E-state index is 13.4. The van der Waals surface area contributed by atoms with Crippen LogP contribution in [0.15, 0.2) is 65.7 Å². The average molecular weight is 466 g/mol. The molecular weight excluding hydrogens is 441 g/mol. The van der Waals surface area contributed by atoms with Gasteiger partial charge in [0.25, 0.3) is 0 Å². The third-order valence-corrected chi connectivity index (χ3v) is 7.55. The molecule has 8 heteroatoms. The molecule has 3 aromatic rings. The molecule has 1 fully saturated rings. The number of H-pyrrole nitrogens is 1. The standard InChI is InChI=1S/C25H24FN3O3S/c26-19-4-9-22-23(16-27-24(22)15-19)18-11-13-29(14-12-18)25(30)10-3-17-1-7-21(8-2-17)33(31,32)28-20-5-6-20/h1-4,7-11,15-16,20,27-28H,5-6,12-14H2/b10-3+. The molecule has 33 heavy (non-hydrogen) atoms. The van der Waals surface area contributed by atoms with E-state index in [2.05, 4.69) is 9.71 Å². The molecule has 5 rings (SSSR count). The van der Waals surface area contributed by atoms with E-state index in [-0.39, 0.29) is 22.7 Å². The van der Waals surface area contributed by atoms with E-state index in [9.17, 15) is 17.6 Å². The van der Waals surface area contributed by atoms with Crippen LogP contribution in [0.1, 0.15) is 30.4 Å². The lowest BCUT2D eigenvalue weighted by Crippen LogP contribution is -2.33. The second-order valence-corrected chi connectivity index (χ2v) is 10.2. The minimum Gasteiger partial charge on any atom is -0.360 e. The zero-order chi connectivity index (χ0) is 23.0. The van der Waals surface area contributed by atoms with E-state index in [0.717, 1.165) is 40.4 Å². The summed E-state index contributed by atoms with van der Waals surface area (Å²) >= 11 is 0. The molecule has 170 valence electrons. The Hall–Kier alpha value is -3.23. The summed E-state index contributed by atoms with van der Waals surface area (Å²) in [5, 5.41) is 0.972. The Morgan fingerprint density at radius 3 is 2.64 bits per heavy atom. The Morgan fingerprint density at radius 1 is 1.15 bits per heavy atom. The van der Waals surface area contributed by atoms with E-state index in [4.69, 9.17) is 0 Å². The largest absolute Gasteiger partial charge is 0.360 e. The van der Waals surface area contributed by atoms with Gasteiger partial charge >= 0.3 is 0 Å². The van der Waals surface area contributed by atoms with E-state index < -0.39 is 10.0 Å². The van der Waals surface area contributed by atoms with Gasteiger partial charge in [-0.25, -0.2) is 17.5 Å². The van der Waals surface area contributed by atoms with Crippen molar-refractivity contribution < 1.29 is 17.6 Å². The molecule has 1 saturated carbocycles. The number of sulfonamides is 1. The number of carbonyl (C=O) groups is 1. The van der Waals surface area contributed by atoms with Gasteiger partial charge in [-0.1, -0.05) is 18.2 Å². The van der Waals surface area contributed by atoms with Crippen molar-refractivity contribution in [2.45, 2.75) is 30.2 Å². The smallest absolute Gasteiger partial charge is 0.246 e. The number of rotatable bonds is 6. The second kappa shape index (κ2) is 8.61. The maximum Gasteiger partial charge on any atom is 0.246 e. The van der Waals surface area contributed by atoms with Gasteiger partial charge < -0.3 is 9.88 Å². The highest BCUT2D eigenvalue weighted by Crippen LogP contribution is 2.29. The zero-order valence-electron chi connectivity index (χ0n) is 17.9. The molecule has 0 spiro atoms. The Bertz CT molecular complexity index is 1370. The predicted molar refractivity (Wildman–Crippen MR) is 126 cm³/mol. The highest BCUT2D eigenvalue weighted by molar-refractivity contribution is 7.89. The molecule has 2 aromatic carbocycles. The fraction of sp³-hybridized carbons (Fsp3) is 0.240. The number of carbonyl (C=O) groups excluding carboxylic acids is 1. The highest BCUT2D eigenvalue weighted by Gasteiger charge is 2.27. The molecule has 0 saturated heterocycles. The van der Waals surface area contributed by atoms with Crippen LogP contribution >= 0.6 is 0 Å². The number of aromatic nitrogens is 1. The molecule has 0 unspecified atom stereocenters. The topological polar surface area (TPSA) is 82.3 Å². The van der Waals surface area contributed by atoms with Gasteiger partial charge in [0.2, 0.25) is 15.9 Å². The van der Waals surface area contributed by atoms with Crippen molar-refractivity contribution >= 4 is 38.5 Å². The van der Waals surface area contributed by atoms with Gasteiger partial charge in [0.1, 0.15) is 5.82 Å². The van der Waals surface area contributed by atoms with Crippen molar-refractivity contribution in [3.8, 4) is 0 Å². The van der Waals surface area contributed by atoms with Crippen molar-refractivity contribution in [2.75, 3.05) is 13.1 Å². The van der Waals surface area contributed by atoms with Gasteiger partial charge in [-0.05, 0) is 66.8 Å². The molecule has 0 atom stereocenters. The molecular formula is C25H24FN3O3S. The zero-order valence-corrected chi connectivity index (χ0v) is 18.7. The number of nitrogens with one attached hydrogen (secondary N) is 2. The van der Waals surface area contributed by atoms with Crippen LogP contribution < -0.4 is 4.72 Å². The van der Waals surface area contributed by atoms with Crippen molar-refractivity contribution in [3.05, 3.63) is 77.8 Å². The van der Waals surface area contributed by atoms with E-state index in [0.29, 0.717) is 19.5 Å². The fourth-order valence-electron chi connectivity index (χ4n) is 4.00. The van der Waals surface area contributed by atoms with Crippen LogP contribution in [-0.2, 0) is 14.8 Å². The molecule has 2 aliphatic rings. The first-order valence-electron chi connectivity index (χ1n) is 10.9. The minimum absolute atomic E-state index is 0.0604. The molecule has 1 aliphatic heterocycles. The van der Waals surface area contributed by atoms with Crippen LogP contribution in [0.4, 0.5) is 4.39 Å². The van der Waals surface area contributed by atoms with E-state index in [1.54, 1.807) is 41.3 Å². The quantitative estimate of drug-likeness (QED) is 0.539. The minimum atomic E-state index is -3.48. The Labute approximate surface area is 191 Å². The van der Waals surface area contributed by atoms with Crippen molar-refractivity contribution in [1.82, 2.24) is 14.6 Å². The number of hydrogen-bond donors (Lipinski definition) is 2. The molecule has 0 bridgehead atoms. The molecule has 1 aliphatic carbocycles. The predicted octanol–water partition coefficient (Wildman–Crippen LogP) is 4.08. The average Bonchev–Trinajstić information content (AvgIpc) is 3.52. The van der Waals surface area contributed by atoms with Crippen molar-refractivity contribution in [3.63, 3.8) is 0 Å². The van der Waals surface area contributed by atoms with Gasteiger partial charge in [-0.2, -0.15) is 0 Å². The van der Waals surface area contributed by atoms with Crippen LogP contribution in [0.3, 0.4) is 0 Å². The van der Waals surface area contributed by atoms with Crippen LogP contribution in [0.5, 0.6) is 0 Å². The van der Waals surface area contributed by atoms with Crippen LogP contribution in [-0.4, -0.2) is 43.3 Å². The normalized spacial score (nSPS) is 17.0. The monoisotopic (exact) mass is 465 g/mol. The number of amides is 1. The molecule has 1 aromatic heterocycles. The summed E-state index contributed by atoms with van der Waals surface area (Å²) in [6.45, 7) is 1.09. The van der Waals surface area contributed by atoms with E-state index in [1.165, 1.54) is 18.2 Å². The molecule has 1 amide bonds. The van der Waals surface area contributed by atoms with Crippen molar-refractivity contribution in [2.24, 2.45) is 0 Å². The number of aromatic amines is 1. The number of fused-ring (bicyclic) bond motifs is 1. The number of halogens is 1. The van der Waals surface area contributed by atoms with Crippen LogP contribution in [0, 0.1) is 5.82 Å². The fourth-order valence-corrected chi connectivity index (χ4v) is 5.30. The summed E-state index contributed by atoms with van der Waals surface area (Å²) in [4.78, 5) is 17.7. The lowest BCUT2D eigenvalue weighted by atomic mass is 9.99. The summed E-state index contributed by atoms with van der Waals surface area (Å²) in [5.41, 5.74) is 3.69. The summed E-state index contributed by atoms with van der Waals surface area (Å²) < 4.78 is 40.6. The summed E-state index contributed by atoms with van der Waals surface area (Å²) in [7, 11) is -3.48. The Kier molecular flexibility index (Phi) is 5.64. The van der Waals surface area contributed by atoms with Gasteiger partial charge in [-0.15, -0.1) is 0 Å². The van der Waals surface area contributed by atoms with Crippen molar-refractivity contribution in [1.29, 1.82) is 0 Å². The van der Waals surface area contributed by atoms with Gasteiger partial charge in [0.15, 0.2) is 0 Å². The van der Waals surface area contributed by atoms with Gasteiger partial charge in [0, 0.05) is 47.9 Å². The van der Waals surface area contributed by atoms with Gasteiger partial charge in [-0.3, -0.25) is 4.79 Å². The lowest BCUT2D eigenvalue weighted by Gasteiger charge is -2.25. The maximum absolute atomic E-state index is 13.4. The first-order valence-corrected chi connectivity index (χ1v) is 12.4. The Balaban J connectivity index is 1.22. The molecule has 0 radical (unpaired) electrons. The second-order valence-electron chi connectivity index (χ2n) is 8.45. The summed E-state index contributed by atoms with van der Waals surface area (Å²) in [6, 6.07) is 11.3. The third kappa shape index (κ3) is 4.77. The summed E-state index contributed by atoms with van der Waals surface area (Å²) in [6.07, 6.45) is 9.61.